The predicted octanol–water partition coefficient (Wildman–Crippen LogP) is 2.84. The minimum atomic E-state index is 0.176. The number of hydrogen-bond donors (Lipinski definition) is 1. The summed E-state index contributed by atoms with van der Waals surface area (Å²) >= 11 is 0. The summed E-state index contributed by atoms with van der Waals surface area (Å²) in [5.41, 5.74) is 8.69. The van der Waals surface area contributed by atoms with Gasteiger partial charge < -0.3 is 5.73 Å². The SMILES string of the molecule is CC(C)(C)c1cc(N)ncc1C1CC1. The van der Waals surface area contributed by atoms with Crippen LogP contribution in [0.3, 0.4) is 0 Å². The molecule has 1 saturated carbocycles. The average Bonchev–Trinajstić information content (AvgIpc) is 2.85. The van der Waals surface area contributed by atoms with Gasteiger partial charge in [-0.05, 0) is 41.4 Å². The van der Waals surface area contributed by atoms with E-state index in [1.807, 2.05) is 12.3 Å². The Bertz CT molecular complexity index is 346. The third-order valence-electron chi connectivity index (χ3n) is 2.78. The summed E-state index contributed by atoms with van der Waals surface area (Å²) in [6.07, 6.45) is 4.59. The number of hydrogen-bond acceptors (Lipinski definition) is 2. The number of nitrogens with two attached hydrogens (primary N) is 1. The molecule has 0 unspecified atom stereocenters. The van der Waals surface area contributed by atoms with E-state index in [1.54, 1.807) is 0 Å². The van der Waals surface area contributed by atoms with Crippen molar-refractivity contribution in [2.45, 2.75) is 44.9 Å². The van der Waals surface area contributed by atoms with Crippen LogP contribution in [0.2, 0.25) is 0 Å². The highest BCUT2D eigenvalue weighted by Crippen LogP contribution is 2.44. The van der Waals surface area contributed by atoms with Crippen LogP contribution in [0.25, 0.3) is 0 Å². The molecule has 2 nitrogen and oxygen atoms in total. The Kier molecular flexibility index (Phi) is 2.02. The number of pyridine rings is 1. The molecule has 0 radical (unpaired) electrons. The van der Waals surface area contributed by atoms with Gasteiger partial charge in [0.25, 0.3) is 0 Å². The summed E-state index contributed by atoms with van der Waals surface area (Å²) < 4.78 is 0. The third-order valence-corrected chi connectivity index (χ3v) is 2.78. The van der Waals surface area contributed by atoms with Crippen LogP contribution >= 0.6 is 0 Å². The van der Waals surface area contributed by atoms with Crippen molar-refractivity contribution in [3.05, 3.63) is 23.4 Å². The lowest BCUT2D eigenvalue weighted by atomic mass is 9.83. The molecule has 0 saturated heterocycles. The lowest BCUT2D eigenvalue weighted by molar-refractivity contribution is 0.582. The molecule has 1 fully saturated rings. The summed E-state index contributed by atoms with van der Waals surface area (Å²) in [4.78, 5) is 4.19. The average molecular weight is 190 g/mol. The fourth-order valence-electron chi connectivity index (χ4n) is 1.85. The molecule has 1 aliphatic rings. The van der Waals surface area contributed by atoms with Crippen LogP contribution in [0.5, 0.6) is 0 Å². The van der Waals surface area contributed by atoms with Gasteiger partial charge in [-0.1, -0.05) is 20.8 Å². The monoisotopic (exact) mass is 190 g/mol. The molecule has 0 bridgehead atoms. The number of aromatic nitrogens is 1. The van der Waals surface area contributed by atoms with Crippen molar-refractivity contribution >= 4 is 5.82 Å². The zero-order chi connectivity index (χ0) is 10.3. The lowest BCUT2D eigenvalue weighted by Crippen LogP contribution is -2.15. The van der Waals surface area contributed by atoms with Gasteiger partial charge in [-0.25, -0.2) is 4.98 Å². The number of anilines is 1. The number of rotatable bonds is 1. The summed E-state index contributed by atoms with van der Waals surface area (Å²) in [7, 11) is 0. The minimum Gasteiger partial charge on any atom is -0.384 e. The van der Waals surface area contributed by atoms with Crippen molar-refractivity contribution in [1.29, 1.82) is 0 Å². The van der Waals surface area contributed by atoms with Crippen LogP contribution in [0.4, 0.5) is 5.82 Å². The van der Waals surface area contributed by atoms with Crippen LogP contribution in [0.15, 0.2) is 12.3 Å². The molecule has 0 aromatic carbocycles. The Hall–Kier alpha value is -1.05. The quantitative estimate of drug-likeness (QED) is 0.739. The molecule has 2 rings (SSSR count). The molecule has 14 heavy (non-hydrogen) atoms. The first-order valence-corrected chi connectivity index (χ1v) is 5.24. The smallest absolute Gasteiger partial charge is 0.123 e. The number of nitrogen functional groups attached to an aromatic ring is 1. The van der Waals surface area contributed by atoms with Gasteiger partial charge >= 0.3 is 0 Å². The van der Waals surface area contributed by atoms with Crippen LogP contribution in [0.1, 0.15) is 50.7 Å². The van der Waals surface area contributed by atoms with E-state index in [-0.39, 0.29) is 5.41 Å². The molecule has 0 aliphatic heterocycles. The van der Waals surface area contributed by atoms with Crippen molar-refractivity contribution in [2.24, 2.45) is 0 Å². The first-order chi connectivity index (χ1) is 6.48. The topological polar surface area (TPSA) is 38.9 Å². The van der Waals surface area contributed by atoms with Crippen LogP contribution in [0, 0.1) is 0 Å². The van der Waals surface area contributed by atoms with E-state index >= 15 is 0 Å². The van der Waals surface area contributed by atoms with E-state index in [2.05, 4.69) is 25.8 Å². The van der Waals surface area contributed by atoms with Crippen LogP contribution in [-0.4, -0.2) is 4.98 Å². The van der Waals surface area contributed by atoms with Gasteiger partial charge in [0.05, 0.1) is 0 Å². The van der Waals surface area contributed by atoms with Crippen molar-refractivity contribution in [3.8, 4) is 0 Å². The lowest BCUT2D eigenvalue weighted by Gasteiger charge is -2.22. The fourth-order valence-corrected chi connectivity index (χ4v) is 1.85. The normalized spacial score (nSPS) is 17.1. The third kappa shape index (κ3) is 1.74. The van der Waals surface area contributed by atoms with Crippen LogP contribution in [-0.2, 0) is 5.41 Å². The first kappa shape index (κ1) is 9.50. The van der Waals surface area contributed by atoms with Crippen molar-refractivity contribution < 1.29 is 0 Å². The summed E-state index contributed by atoms with van der Waals surface area (Å²) in [6, 6.07) is 2.04. The Morgan fingerprint density at radius 3 is 2.50 bits per heavy atom. The highest BCUT2D eigenvalue weighted by molar-refractivity contribution is 5.43. The highest BCUT2D eigenvalue weighted by atomic mass is 14.8. The van der Waals surface area contributed by atoms with Crippen molar-refractivity contribution in [2.75, 3.05) is 5.73 Å². The van der Waals surface area contributed by atoms with Crippen molar-refractivity contribution in [3.63, 3.8) is 0 Å². The molecule has 0 spiro atoms. The molecular weight excluding hydrogens is 172 g/mol. The maximum atomic E-state index is 5.73. The summed E-state index contributed by atoms with van der Waals surface area (Å²) in [5, 5.41) is 0. The van der Waals surface area contributed by atoms with Gasteiger partial charge in [-0.15, -0.1) is 0 Å². The molecule has 1 aliphatic carbocycles. The fraction of sp³-hybridized carbons (Fsp3) is 0.583. The van der Waals surface area contributed by atoms with E-state index in [4.69, 9.17) is 5.73 Å². The second kappa shape index (κ2) is 2.97. The second-order valence-corrected chi connectivity index (χ2v) is 5.22. The Morgan fingerprint density at radius 1 is 1.36 bits per heavy atom. The molecular formula is C12H18N2. The molecule has 1 heterocycles. The van der Waals surface area contributed by atoms with Crippen molar-refractivity contribution in [1.82, 2.24) is 4.98 Å². The van der Waals surface area contributed by atoms with Gasteiger partial charge in [0, 0.05) is 6.20 Å². The largest absolute Gasteiger partial charge is 0.384 e. The second-order valence-electron chi connectivity index (χ2n) is 5.22. The van der Waals surface area contributed by atoms with E-state index < -0.39 is 0 Å². The summed E-state index contributed by atoms with van der Waals surface area (Å²) in [6.45, 7) is 6.69. The molecule has 1 aromatic heterocycles. The zero-order valence-electron chi connectivity index (χ0n) is 9.17. The Balaban J connectivity index is 2.48. The van der Waals surface area contributed by atoms with Gasteiger partial charge in [0.2, 0.25) is 0 Å². The zero-order valence-corrected chi connectivity index (χ0v) is 9.17. The van der Waals surface area contributed by atoms with E-state index in [0.29, 0.717) is 5.82 Å². The Morgan fingerprint density at radius 2 is 2.00 bits per heavy atom. The van der Waals surface area contributed by atoms with Gasteiger partial charge in [-0.2, -0.15) is 0 Å². The molecule has 2 N–H and O–H groups in total. The first-order valence-electron chi connectivity index (χ1n) is 5.24. The molecule has 2 heteroatoms. The number of nitrogens with zero attached hydrogens (tertiary/aromatic N) is 1. The minimum absolute atomic E-state index is 0.176. The highest BCUT2D eigenvalue weighted by Gasteiger charge is 2.30. The standard InChI is InChI=1S/C12H18N2/c1-12(2,3)10-6-11(13)14-7-9(10)8-4-5-8/h6-8H,4-5H2,1-3H3,(H2,13,14). The van der Waals surface area contributed by atoms with Gasteiger partial charge in [0.1, 0.15) is 5.82 Å². The van der Waals surface area contributed by atoms with Gasteiger partial charge in [-0.3, -0.25) is 0 Å². The molecule has 0 amide bonds. The van der Waals surface area contributed by atoms with Gasteiger partial charge in [0.15, 0.2) is 0 Å². The van der Waals surface area contributed by atoms with Crippen LogP contribution < -0.4 is 5.73 Å². The van der Waals surface area contributed by atoms with E-state index in [1.165, 1.54) is 24.0 Å². The molecule has 76 valence electrons. The predicted molar refractivity (Wildman–Crippen MR) is 59.3 cm³/mol. The summed E-state index contributed by atoms with van der Waals surface area (Å²) in [5.74, 6) is 1.39. The van der Waals surface area contributed by atoms with E-state index in [0.717, 1.165) is 5.92 Å². The van der Waals surface area contributed by atoms with E-state index in [9.17, 15) is 0 Å². The molecule has 1 aromatic rings. The maximum absolute atomic E-state index is 5.73. The molecule has 0 atom stereocenters. The Labute approximate surface area is 85.5 Å². The maximum Gasteiger partial charge on any atom is 0.123 e.